The van der Waals surface area contributed by atoms with Crippen LogP contribution < -0.4 is 10.1 Å². The Morgan fingerprint density at radius 1 is 1.30 bits per heavy atom. The lowest BCUT2D eigenvalue weighted by molar-refractivity contribution is -0.00204. The second-order valence-electron chi connectivity index (χ2n) is 7.34. The summed E-state index contributed by atoms with van der Waals surface area (Å²) in [5.41, 5.74) is 1.66. The molecular formula is C17H24BrNO. The number of hydrogen-bond donors (Lipinski definition) is 1. The minimum Gasteiger partial charge on any atom is -0.487 e. The van der Waals surface area contributed by atoms with E-state index in [9.17, 15) is 0 Å². The Morgan fingerprint density at radius 3 is 2.65 bits per heavy atom. The third-order valence-electron chi connectivity index (χ3n) is 5.10. The van der Waals surface area contributed by atoms with Crippen LogP contribution in [0.3, 0.4) is 0 Å². The Labute approximate surface area is 130 Å². The van der Waals surface area contributed by atoms with E-state index in [0.717, 1.165) is 23.1 Å². The average Bonchev–Trinajstić information content (AvgIpc) is 2.56. The van der Waals surface area contributed by atoms with Crippen molar-refractivity contribution in [1.29, 1.82) is 0 Å². The standard InChI is InChI=1S/C17H24BrNO/c1-11-8-16(2,3)10-17(11)9-14(19-4)13-6-5-12(18)7-15(13)20-17/h5-7,11,14,19H,8-10H2,1-4H3. The summed E-state index contributed by atoms with van der Waals surface area (Å²) in [5.74, 6) is 1.65. The van der Waals surface area contributed by atoms with Gasteiger partial charge >= 0.3 is 0 Å². The van der Waals surface area contributed by atoms with Crippen molar-refractivity contribution >= 4 is 15.9 Å². The highest BCUT2D eigenvalue weighted by molar-refractivity contribution is 9.10. The zero-order chi connectivity index (χ0) is 14.5. The molecule has 0 amide bonds. The van der Waals surface area contributed by atoms with Crippen molar-refractivity contribution in [2.75, 3.05) is 7.05 Å². The number of ether oxygens (including phenoxy) is 1. The zero-order valence-corrected chi connectivity index (χ0v) is 14.4. The summed E-state index contributed by atoms with van der Waals surface area (Å²) in [6.07, 6.45) is 3.46. The summed E-state index contributed by atoms with van der Waals surface area (Å²) in [4.78, 5) is 0. The fraction of sp³-hybridized carbons (Fsp3) is 0.647. The molecule has 1 aliphatic carbocycles. The highest BCUT2D eigenvalue weighted by atomic mass is 79.9. The van der Waals surface area contributed by atoms with Crippen LogP contribution in [0.1, 0.15) is 51.6 Å². The number of benzene rings is 1. The lowest BCUT2D eigenvalue weighted by Crippen LogP contribution is -2.46. The van der Waals surface area contributed by atoms with Gasteiger partial charge in [-0.25, -0.2) is 0 Å². The fourth-order valence-corrected chi connectivity index (χ4v) is 4.68. The Kier molecular flexibility index (Phi) is 3.41. The van der Waals surface area contributed by atoms with Crippen LogP contribution in [0.4, 0.5) is 0 Å². The van der Waals surface area contributed by atoms with Gasteiger partial charge in [0.15, 0.2) is 0 Å². The predicted octanol–water partition coefficient (Wildman–Crippen LogP) is 4.69. The van der Waals surface area contributed by atoms with Crippen molar-refractivity contribution in [2.45, 2.75) is 51.7 Å². The van der Waals surface area contributed by atoms with Crippen LogP contribution in [0.2, 0.25) is 0 Å². The van der Waals surface area contributed by atoms with E-state index in [1.54, 1.807) is 0 Å². The minimum absolute atomic E-state index is 0.00896. The van der Waals surface area contributed by atoms with E-state index in [2.05, 4.69) is 67.3 Å². The lowest BCUT2D eigenvalue weighted by atomic mass is 9.80. The lowest BCUT2D eigenvalue weighted by Gasteiger charge is -2.43. The van der Waals surface area contributed by atoms with Gasteiger partial charge in [-0.2, -0.15) is 0 Å². The summed E-state index contributed by atoms with van der Waals surface area (Å²) in [5, 5.41) is 3.48. The number of halogens is 1. The molecule has 1 N–H and O–H groups in total. The van der Waals surface area contributed by atoms with E-state index in [-0.39, 0.29) is 5.60 Å². The Bertz CT molecular complexity index is 528. The normalized spacial score (nSPS) is 34.9. The quantitative estimate of drug-likeness (QED) is 0.802. The molecule has 0 bridgehead atoms. The van der Waals surface area contributed by atoms with Crippen LogP contribution in [0.15, 0.2) is 22.7 Å². The van der Waals surface area contributed by atoms with Gasteiger partial charge in [-0.1, -0.05) is 42.8 Å². The van der Waals surface area contributed by atoms with Gasteiger partial charge in [-0.15, -0.1) is 0 Å². The molecule has 0 radical (unpaired) electrons. The SMILES string of the molecule is CNC1CC2(CC(C)(C)CC2C)Oc2cc(Br)ccc21. The van der Waals surface area contributed by atoms with Crippen molar-refractivity contribution in [3.63, 3.8) is 0 Å². The van der Waals surface area contributed by atoms with E-state index in [4.69, 9.17) is 4.74 Å². The first-order valence-electron chi connectivity index (χ1n) is 7.51. The molecule has 1 aliphatic heterocycles. The highest BCUT2D eigenvalue weighted by Gasteiger charge is 2.53. The van der Waals surface area contributed by atoms with Crippen LogP contribution in [-0.2, 0) is 0 Å². The van der Waals surface area contributed by atoms with Gasteiger partial charge in [0.2, 0.25) is 0 Å². The molecule has 20 heavy (non-hydrogen) atoms. The molecule has 1 aromatic rings. The summed E-state index contributed by atoms with van der Waals surface area (Å²) < 4.78 is 7.66. The maximum atomic E-state index is 6.57. The molecule has 2 aliphatic rings. The second-order valence-corrected chi connectivity index (χ2v) is 8.26. The van der Waals surface area contributed by atoms with Crippen molar-refractivity contribution in [1.82, 2.24) is 5.32 Å². The van der Waals surface area contributed by atoms with Gasteiger partial charge in [0.1, 0.15) is 11.4 Å². The van der Waals surface area contributed by atoms with Gasteiger partial charge < -0.3 is 10.1 Å². The molecule has 1 spiro atoms. The highest BCUT2D eigenvalue weighted by Crippen LogP contribution is 2.55. The summed E-state index contributed by atoms with van der Waals surface area (Å²) in [7, 11) is 2.06. The third kappa shape index (κ3) is 2.29. The molecular weight excluding hydrogens is 314 g/mol. The molecule has 1 heterocycles. The molecule has 1 aromatic carbocycles. The van der Waals surface area contributed by atoms with E-state index in [0.29, 0.717) is 17.4 Å². The van der Waals surface area contributed by atoms with Gasteiger partial charge in [0.05, 0.1) is 0 Å². The van der Waals surface area contributed by atoms with E-state index in [1.807, 2.05) is 0 Å². The van der Waals surface area contributed by atoms with Crippen LogP contribution >= 0.6 is 15.9 Å². The van der Waals surface area contributed by atoms with Crippen LogP contribution in [0.25, 0.3) is 0 Å². The third-order valence-corrected chi connectivity index (χ3v) is 5.59. The average molecular weight is 338 g/mol. The number of nitrogens with one attached hydrogen (secondary N) is 1. The van der Waals surface area contributed by atoms with Crippen LogP contribution in [0, 0.1) is 11.3 Å². The first kappa shape index (κ1) is 14.4. The van der Waals surface area contributed by atoms with E-state index in [1.165, 1.54) is 12.0 Å². The van der Waals surface area contributed by atoms with Gasteiger partial charge in [0.25, 0.3) is 0 Å². The fourth-order valence-electron chi connectivity index (χ4n) is 4.34. The summed E-state index contributed by atoms with van der Waals surface area (Å²) in [6, 6.07) is 6.80. The molecule has 1 saturated carbocycles. The van der Waals surface area contributed by atoms with Crippen molar-refractivity contribution in [3.8, 4) is 5.75 Å². The number of hydrogen-bond acceptors (Lipinski definition) is 2. The predicted molar refractivity (Wildman–Crippen MR) is 86.1 cm³/mol. The maximum absolute atomic E-state index is 6.57. The first-order valence-corrected chi connectivity index (χ1v) is 8.30. The molecule has 3 rings (SSSR count). The first-order chi connectivity index (χ1) is 9.35. The van der Waals surface area contributed by atoms with E-state index >= 15 is 0 Å². The molecule has 0 aromatic heterocycles. The number of rotatable bonds is 1. The smallest absolute Gasteiger partial charge is 0.126 e. The molecule has 3 atom stereocenters. The molecule has 2 nitrogen and oxygen atoms in total. The summed E-state index contributed by atoms with van der Waals surface area (Å²) >= 11 is 3.57. The maximum Gasteiger partial charge on any atom is 0.126 e. The van der Waals surface area contributed by atoms with Crippen LogP contribution in [0.5, 0.6) is 5.75 Å². The van der Waals surface area contributed by atoms with Gasteiger partial charge in [0, 0.05) is 22.5 Å². The molecule has 0 saturated heterocycles. The van der Waals surface area contributed by atoms with Crippen molar-refractivity contribution in [3.05, 3.63) is 28.2 Å². The van der Waals surface area contributed by atoms with Gasteiger partial charge in [-0.3, -0.25) is 0 Å². The number of fused-ring (bicyclic) bond motifs is 1. The van der Waals surface area contributed by atoms with Crippen molar-refractivity contribution in [2.24, 2.45) is 11.3 Å². The minimum atomic E-state index is -0.00896. The van der Waals surface area contributed by atoms with E-state index < -0.39 is 0 Å². The van der Waals surface area contributed by atoms with Gasteiger partial charge in [-0.05, 0) is 43.4 Å². The molecule has 3 heteroatoms. The van der Waals surface area contributed by atoms with Crippen molar-refractivity contribution < 1.29 is 4.74 Å². The monoisotopic (exact) mass is 337 g/mol. The Morgan fingerprint density at radius 2 is 2.05 bits per heavy atom. The molecule has 110 valence electrons. The Hall–Kier alpha value is -0.540. The Balaban J connectivity index is 2.02. The zero-order valence-electron chi connectivity index (χ0n) is 12.8. The summed E-state index contributed by atoms with van der Waals surface area (Å²) in [6.45, 7) is 7.09. The largest absolute Gasteiger partial charge is 0.487 e. The van der Waals surface area contributed by atoms with Crippen LogP contribution in [-0.4, -0.2) is 12.6 Å². The molecule has 3 unspecified atom stereocenters. The topological polar surface area (TPSA) is 21.3 Å². The molecule has 1 fully saturated rings. The second kappa shape index (κ2) is 4.74.